The first-order chi connectivity index (χ1) is 9.66. The first-order valence-corrected chi connectivity index (χ1v) is 6.94. The number of nitrogens with zero attached hydrogens (tertiary/aromatic N) is 2. The lowest BCUT2D eigenvalue weighted by Crippen LogP contribution is -2.15. The first-order valence-electron chi connectivity index (χ1n) is 6.94. The van der Waals surface area contributed by atoms with Crippen molar-refractivity contribution in [1.29, 1.82) is 0 Å². The van der Waals surface area contributed by atoms with Crippen LogP contribution in [0.1, 0.15) is 11.1 Å². The van der Waals surface area contributed by atoms with E-state index in [1.54, 1.807) is 0 Å². The van der Waals surface area contributed by atoms with Gasteiger partial charge in [-0.2, -0.15) is 0 Å². The van der Waals surface area contributed by atoms with Gasteiger partial charge in [-0.3, -0.25) is 0 Å². The molecule has 0 amide bonds. The lowest BCUT2D eigenvalue weighted by Gasteiger charge is -2.22. The molecule has 0 bridgehead atoms. The molecule has 2 nitrogen and oxygen atoms in total. The van der Waals surface area contributed by atoms with Gasteiger partial charge in [0.1, 0.15) is 0 Å². The molecule has 0 N–H and O–H groups in total. The number of fused-ring (bicyclic) bond motifs is 2. The van der Waals surface area contributed by atoms with Crippen LogP contribution in [0.3, 0.4) is 0 Å². The SMILES string of the molecule is CN(C)CC1=Cc2ccccc2N(C)c2ccccc21.Cl. The van der Waals surface area contributed by atoms with Crippen LogP contribution in [-0.4, -0.2) is 32.6 Å². The summed E-state index contributed by atoms with van der Waals surface area (Å²) < 4.78 is 0. The summed E-state index contributed by atoms with van der Waals surface area (Å²) in [5, 5.41) is 0. The largest absolute Gasteiger partial charge is 0.344 e. The molecule has 2 aromatic carbocycles. The van der Waals surface area contributed by atoms with Crippen molar-refractivity contribution in [2.24, 2.45) is 0 Å². The van der Waals surface area contributed by atoms with E-state index in [-0.39, 0.29) is 12.4 Å². The number of benzene rings is 2. The van der Waals surface area contributed by atoms with Crippen molar-refractivity contribution >= 4 is 35.4 Å². The van der Waals surface area contributed by atoms with E-state index < -0.39 is 0 Å². The van der Waals surface area contributed by atoms with Gasteiger partial charge in [0, 0.05) is 30.5 Å². The second-order valence-electron chi connectivity index (χ2n) is 5.54. The maximum Gasteiger partial charge on any atom is 0.0485 e. The maximum atomic E-state index is 2.32. The molecule has 0 unspecified atom stereocenters. The summed E-state index contributed by atoms with van der Waals surface area (Å²) in [5.74, 6) is 0. The van der Waals surface area contributed by atoms with Gasteiger partial charge in [-0.15, -0.1) is 12.4 Å². The van der Waals surface area contributed by atoms with Crippen molar-refractivity contribution in [2.75, 3.05) is 32.6 Å². The second-order valence-corrected chi connectivity index (χ2v) is 5.54. The zero-order valence-electron chi connectivity index (χ0n) is 12.7. The second kappa shape index (κ2) is 6.33. The van der Waals surface area contributed by atoms with Crippen molar-refractivity contribution in [3.05, 3.63) is 59.7 Å². The summed E-state index contributed by atoms with van der Waals surface area (Å²) >= 11 is 0. The fraction of sp³-hybridized carbons (Fsp3) is 0.222. The Kier molecular flexibility index (Phi) is 4.71. The van der Waals surface area contributed by atoms with E-state index in [1.165, 1.54) is 28.1 Å². The quantitative estimate of drug-likeness (QED) is 0.816. The lowest BCUT2D eigenvalue weighted by atomic mass is 10.0. The molecule has 0 aliphatic carbocycles. The number of halogens is 1. The van der Waals surface area contributed by atoms with Crippen molar-refractivity contribution in [1.82, 2.24) is 4.90 Å². The summed E-state index contributed by atoms with van der Waals surface area (Å²) in [7, 11) is 6.37. The highest BCUT2D eigenvalue weighted by Crippen LogP contribution is 2.38. The standard InChI is InChI=1S/C18H20N2.ClH/c1-19(2)13-15-12-14-8-4-6-10-17(14)20(3)18-11-7-5-9-16(15)18;/h4-12H,13H2,1-3H3;1H. The molecular formula is C18H21ClN2. The fourth-order valence-electron chi connectivity index (χ4n) is 2.82. The zero-order chi connectivity index (χ0) is 14.1. The molecular weight excluding hydrogens is 280 g/mol. The predicted molar refractivity (Wildman–Crippen MR) is 94.6 cm³/mol. The lowest BCUT2D eigenvalue weighted by molar-refractivity contribution is 0.464. The molecule has 3 heteroatoms. The molecule has 0 aromatic heterocycles. The molecule has 0 atom stereocenters. The van der Waals surface area contributed by atoms with Crippen LogP contribution >= 0.6 is 12.4 Å². The molecule has 0 saturated carbocycles. The van der Waals surface area contributed by atoms with Crippen LogP contribution in [0.4, 0.5) is 11.4 Å². The Morgan fingerprint density at radius 1 is 0.905 bits per heavy atom. The third-order valence-corrected chi connectivity index (χ3v) is 3.73. The molecule has 21 heavy (non-hydrogen) atoms. The van der Waals surface area contributed by atoms with Gasteiger partial charge in [-0.05, 0) is 43.4 Å². The van der Waals surface area contributed by atoms with E-state index in [1.807, 2.05) is 0 Å². The zero-order valence-corrected chi connectivity index (χ0v) is 13.5. The summed E-state index contributed by atoms with van der Waals surface area (Å²) in [6.45, 7) is 0.944. The van der Waals surface area contributed by atoms with Gasteiger partial charge >= 0.3 is 0 Å². The fourth-order valence-corrected chi connectivity index (χ4v) is 2.82. The van der Waals surface area contributed by atoms with Gasteiger partial charge in [-0.25, -0.2) is 0 Å². The van der Waals surface area contributed by atoms with Crippen LogP contribution in [0.15, 0.2) is 48.5 Å². The number of hydrogen-bond donors (Lipinski definition) is 0. The highest BCUT2D eigenvalue weighted by molar-refractivity contribution is 5.95. The Bertz CT molecular complexity index is 662. The first kappa shape index (κ1) is 15.6. The van der Waals surface area contributed by atoms with E-state index in [9.17, 15) is 0 Å². The van der Waals surface area contributed by atoms with E-state index >= 15 is 0 Å². The minimum Gasteiger partial charge on any atom is -0.344 e. The highest BCUT2D eigenvalue weighted by Gasteiger charge is 2.18. The summed E-state index contributed by atoms with van der Waals surface area (Å²) in [5.41, 5.74) is 6.49. The van der Waals surface area contributed by atoms with Crippen molar-refractivity contribution in [2.45, 2.75) is 0 Å². The van der Waals surface area contributed by atoms with Crippen LogP contribution in [-0.2, 0) is 0 Å². The van der Waals surface area contributed by atoms with Gasteiger partial charge in [0.05, 0.1) is 0 Å². The van der Waals surface area contributed by atoms with Gasteiger partial charge in [0.15, 0.2) is 0 Å². The molecule has 0 fully saturated rings. The summed E-state index contributed by atoms with van der Waals surface area (Å²) in [6.07, 6.45) is 2.32. The summed E-state index contributed by atoms with van der Waals surface area (Å²) in [4.78, 5) is 4.50. The van der Waals surface area contributed by atoms with Crippen molar-refractivity contribution in [3.8, 4) is 0 Å². The van der Waals surface area contributed by atoms with Crippen LogP contribution in [0, 0.1) is 0 Å². The van der Waals surface area contributed by atoms with E-state index in [4.69, 9.17) is 0 Å². The van der Waals surface area contributed by atoms with E-state index in [2.05, 4.69) is 85.5 Å². The van der Waals surface area contributed by atoms with Crippen LogP contribution in [0.25, 0.3) is 11.6 Å². The maximum absolute atomic E-state index is 2.32. The number of likely N-dealkylation sites (N-methyl/N-ethyl adjacent to an activating group) is 1. The third-order valence-electron chi connectivity index (χ3n) is 3.73. The monoisotopic (exact) mass is 300 g/mol. The smallest absolute Gasteiger partial charge is 0.0485 e. The molecule has 0 saturated heterocycles. The normalized spacial score (nSPS) is 13.0. The van der Waals surface area contributed by atoms with Crippen LogP contribution < -0.4 is 4.90 Å². The Hall–Kier alpha value is -1.77. The molecule has 110 valence electrons. The van der Waals surface area contributed by atoms with Crippen molar-refractivity contribution in [3.63, 3.8) is 0 Å². The number of para-hydroxylation sites is 2. The Morgan fingerprint density at radius 3 is 2.24 bits per heavy atom. The third kappa shape index (κ3) is 2.97. The van der Waals surface area contributed by atoms with Gasteiger partial charge < -0.3 is 9.80 Å². The molecule has 1 aliphatic heterocycles. The number of hydrogen-bond acceptors (Lipinski definition) is 2. The molecule has 3 rings (SSSR count). The minimum absolute atomic E-state index is 0. The average Bonchev–Trinajstić information content (AvgIpc) is 2.56. The molecule has 1 heterocycles. The molecule has 2 aromatic rings. The number of rotatable bonds is 2. The Balaban J connectivity index is 0.00000161. The van der Waals surface area contributed by atoms with Crippen LogP contribution in [0.5, 0.6) is 0 Å². The summed E-state index contributed by atoms with van der Waals surface area (Å²) in [6, 6.07) is 17.2. The van der Waals surface area contributed by atoms with Gasteiger partial charge in [0.25, 0.3) is 0 Å². The van der Waals surface area contributed by atoms with E-state index in [0.717, 1.165) is 6.54 Å². The topological polar surface area (TPSA) is 6.48 Å². The molecule has 0 spiro atoms. The minimum atomic E-state index is 0. The van der Waals surface area contributed by atoms with Gasteiger partial charge in [-0.1, -0.05) is 36.4 Å². The van der Waals surface area contributed by atoms with Crippen molar-refractivity contribution < 1.29 is 0 Å². The average molecular weight is 301 g/mol. The Labute approximate surface area is 133 Å². The van der Waals surface area contributed by atoms with Gasteiger partial charge in [0.2, 0.25) is 0 Å². The van der Waals surface area contributed by atoms with Crippen LogP contribution in [0.2, 0.25) is 0 Å². The highest BCUT2D eigenvalue weighted by atomic mass is 35.5. The molecule has 0 radical (unpaired) electrons. The van der Waals surface area contributed by atoms with E-state index in [0.29, 0.717) is 0 Å². The Morgan fingerprint density at radius 2 is 1.52 bits per heavy atom. The molecule has 1 aliphatic rings. The number of anilines is 2. The predicted octanol–water partition coefficient (Wildman–Crippen LogP) is 4.29.